The van der Waals surface area contributed by atoms with Gasteiger partial charge in [-0.1, -0.05) is 0 Å². The molecular formula is C21H22N2O8S. The molecule has 0 bridgehead atoms. The van der Waals surface area contributed by atoms with E-state index < -0.39 is 20.5 Å². The monoisotopic (exact) mass is 462 g/mol. The second-order valence-corrected chi connectivity index (χ2v) is 9.79. The van der Waals surface area contributed by atoms with Gasteiger partial charge in [-0.25, -0.2) is 13.9 Å². The van der Waals surface area contributed by atoms with E-state index in [1.807, 2.05) is 0 Å². The lowest BCUT2D eigenvalue weighted by molar-refractivity contribution is -0.136. The van der Waals surface area contributed by atoms with Crippen molar-refractivity contribution in [2.75, 3.05) is 19.9 Å². The van der Waals surface area contributed by atoms with Gasteiger partial charge in [0.25, 0.3) is 5.91 Å². The van der Waals surface area contributed by atoms with Crippen LogP contribution in [0.1, 0.15) is 19.8 Å². The number of hydroxylamine groups is 1. The average molecular weight is 462 g/mol. The summed E-state index contributed by atoms with van der Waals surface area (Å²) in [6, 6.07) is 10.7. The van der Waals surface area contributed by atoms with Gasteiger partial charge in [0.05, 0.1) is 4.90 Å². The number of nitrogens with one attached hydrogen (secondary N) is 1. The number of rotatable bonds is 5. The van der Waals surface area contributed by atoms with Crippen molar-refractivity contribution < 1.29 is 37.4 Å². The maximum atomic E-state index is 13.4. The Morgan fingerprint density at radius 3 is 2.28 bits per heavy atom. The minimum atomic E-state index is -4.18. The van der Waals surface area contributed by atoms with E-state index in [1.165, 1.54) is 41.6 Å². The standard InChI is InChI=1S/C21H22N2O8S/c1-14(24)23-10-8-21(9-11-23,20(25)22-26)32(27,28)17-5-2-15(3-6-17)31-16-4-7-18-19(12-16)30-13-29-18/h2-7,12,26H,8-11,13H2,1H3,(H,22,25). The molecule has 2 aromatic rings. The van der Waals surface area contributed by atoms with Crippen molar-refractivity contribution in [2.45, 2.75) is 29.4 Å². The first-order valence-electron chi connectivity index (χ1n) is 9.89. The number of benzene rings is 2. The maximum absolute atomic E-state index is 13.4. The Bertz CT molecular complexity index is 1140. The van der Waals surface area contributed by atoms with Gasteiger partial charge in [-0.15, -0.1) is 0 Å². The topological polar surface area (TPSA) is 131 Å². The van der Waals surface area contributed by atoms with Crippen molar-refractivity contribution in [3.05, 3.63) is 42.5 Å². The lowest BCUT2D eigenvalue weighted by atomic mass is 9.95. The minimum absolute atomic E-state index is 0.0876. The van der Waals surface area contributed by atoms with Crippen molar-refractivity contribution >= 4 is 21.7 Å². The van der Waals surface area contributed by atoms with E-state index in [-0.39, 0.29) is 43.5 Å². The first-order chi connectivity index (χ1) is 15.3. The van der Waals surface area contributed by atoms with E-state index in [0.717, 1.165) is 0 Å². The molecule has 0 aromatic heterocycles. The van der Waals surface area contributed by atoms with Crippen LogP contribution in [0.25, 0.3) is 0 Å². The van der Waals surface area contributed by atoms with Gasteiger partial charge < -0.3 is 19.1 Å². The van der Waals surface area contributed by atoms with Crippen molar-refractivity contribution in [3.8, 4) is 23.0 Å². The molecule has 170 valence electrons. The van der Waals surface area contributed by atoms with Crippen LogP contribution in [0.15, 0.2) is 47.4 Å². The Morgan fingerprint density at radius 1 is 1.03 bits per heavy atom. The number of amides is 2. The summed E-state index contributed by atoms with van der Waals surface area (Å²) in [6.45, 7) is 1.70. The van der Waals surface area contributed by atoms with Crippen LogP contribution >= 0.6 is 0 Å². The van der Waals surface area contributed by atoms with Gasteiger partial charge in [-0.05, 0) is 49.2 Å². The molecule has 11 heteroatoms. The molecule has 2 aliphatic heterocycles. The number of carbonyl (C=O) groups excluding carboxylic acids is 2. The van der Waals surface area contributed by atoms with Gasteiger partial charge in [-0.2, -0.15) is 0 Å². The zero-order chi connectivity index (χ0) is 22.9. The molecule has 0 spiro atoms. The quantitative estimate of drug-likeness (QED) is 0.509. The number of likely N-dealkylation sites (tertiary alicyclic amines) is 1. The predicted octanol–water partition coefficient (Wildman–Crippen LogP) is 1.87. The molecule has 2 aromatic carbocycles. The number of carbonyl (C=O) groups is 2. The number of ether oxygens (including phenoxy) is 3. The number of hydrogen-bond donors (Lipinski definition) is 2. The van der Waals surface area contributed by atoms with Gasteiger partial charge in [0.1, 0.15) is 11.5 Å². The van der Waals surface area contributed by atoms with Gasteiger partial charge >= 0.3 is 0 Å². The van der Waals surface area contributed by atoms with E-state index in [4.69, 9.17) is 14.2 Å². The van der Waals surface area contributed by atoms with Crippen molar-refractivity contribution in [3.63, 3.8) is 0 Å². The van der Waals surface area contributed by atoms with E-state index in [9.17, 15) is 23.2 Å². The molecular weight excluding hydrogens is 440 g/mol. The molecule has 0 radical (unpaired) electrons. The summed E-state index contributed by atoms with van der Waals surface area (Å²) in [5.41, 5.74) is 1.49. The molecule has 4 rings (SSSR count). The molecule has 0 aliphatic carbocycles. The molecule has 0 unspecified atom stereocenters. The van der Waals surface area contributed by atoms with Gasteiger partial charge in [0.15, 0.2) is 26.1 Å². The van der Waals surface area contributed by atoms with Crippen LogP contribution in [0.4, 0.5) is 0 Å². The first kappa shape index (κ1) is 21.9. The zero-order valence-corrected chi connectivity index (χ0v) is 18.1. The Kier molecular flexibility index (Phi) is 5.70. The molecule has 0 saturated carbocycles. The number of sulfone groups is 1. The number of piperidine rings is 1. The summed E-state index contributed by atoms with van der Waals surface area (Å²) in [7, 11) is -4.18. The number of hydrogen-bond acceptors (Lipinski definition) is 8. The van der Waals surface area contributed by atoms with Crippen molar-refractivity contribution in [1.29, 1.82) is 0 Å². The fourth-order valence-electron chi connectivity index (χ4n) is 3.89. The molecule has 2 aliphatic rings. The molecule has 1 saturated heterocycles. The van der Waals surface area contributed by atoms with E-state index >= 15 is 0 Å². The van der Waals surface area contributed by atoms with Crippen LogP contribution in [-0.2, 0) is 19.4 Å². The highest BCUT2D eigenvalue weighted by molar-refractivity contribution is 7.93. The summed E-state index contributed by atoms with van der Waals surface area (Å²) in [5.74, 6) is 0.817. The summed E-state index contributed by atoms with van der Waals surface area (Å²) in [5, 5.41) is 9.23. The van der Waals surface area contributed by atoms with Gasteiger partial charge in [-0.3, -0.25) is 14.8 Å². The fourth-order valence-corrected chi connectivity index (χ4v) is 5.85. The van der Waals surface area contributed by atoms with Crippen LogP contribution in [0.5, 0.6) is 23.0 Å². The Hall–Kier alpha value is -3.31. The molecule has 32 heavy (non-hydrogen) atoms. The largest absolute Gasteiger partial charge is 0.457 e. The van der Waals surface area contributed by atoms with E-state index in [1.54, 1.807) is 18.2 Å². The highest BCUT2D eigenvalue weighted by Gasteiger charge is 2.53. The maximum Gasteiger partial charge on any atom is 0.265 e. The molecule has 2 heterocycles. The third-order valence-electron chi connectivity index (χ3n) is 5.76. The number of nitrogens with zero attached hydrogens (tertiary/aromatic N) is 1. The zero-order valence-electron chi connectivity index (χ0n) is 17.2. The third-order valence-corrected chi connectivity index (χ3v) is 8.28. The van der Waals surface area contributed by atoms with Crippen LogP contribution in [0, 0.1) is 0 Å². The molecule has 10 nitrogen and oxygen atoms in total. The predicted molar refractivity (Wildman–Crippen MR) is 110 cm³/mol. The third kappa shape index (κ3) is 3.73. The molecule has 1 fully saturated rings. The Balaban J connectivity index is 1.57. The smallest absolute Gasteiger partial charge is 0.265 e. The number of fused-ring (bicyclic) bond motifs is 1. The summed E-state index contributed by atoms with van der Waals surface area (Å²) in [4.78, 5) is 25.5. The van der Waals surface area contributed by atoms with Crippen LogP contribution in [0.2, 0.25) is 0 Å². The minimum Gasteiger partial charge on any atom is -0.457 e. The van der Waals surface area contributed by atoms with Gasteiger partial charge in [0.2, 0.25) is 12.7 Å². The highest BCUT2D eigenvalue weighted by Crippen LogP contribution is 2.38. The Labute approximate surface area is 184 Å². The molecule has 0 atom stereocenters. The Morgan fingerprint density at radius 2 is 1.66 bits per heavy atom. The second kappa shape index (κ2) is 8.32. The second-order valence-electron chi connectivity index (χ2n) is 7.53. The molecule has 2 amide bonds. The summed E-state index contributed by atoms with van der Waals surface area (Å²) >= 11 is 0. The molecule has 2 N–H and O–H groups in total. The summed E-state index contributed by atoms with van der Waals surface area (Å²) < 4.78 is 41.3. The summed E-state index contributed by atoms with van der Waals surface area (Å²) in [6.07, 6.45) is -0.256. The van der Waals surface area contributed by atoms with Crippen molar-refractivity contribution in [2.24, 2.45) is 0 Å². The van der Waals surface area contributed by atoms with E-state index in [2.05, 4.69) is 0 Å². The van der Waals surface area contributed by atoms with Gasteiger partial charge in [0, 0.05) is 26.1 Å². The normalized spacial score (nSPS) is 17.0. The van der Waals surface area contributed by atoms with Crippen LogP contribution in [0.3, 0.4) is 0 Å². The lowest BCUT2D eigenvalue weighted by Gasteiger charge is -2.39. The highest BCUT2D eigenvalue weighted by atomic mass is 32.2. The van der Waals surface area contributed by atoms with Crippen LogP contribution < -0.4 is 19.7 Å². The lowest BCUT2D eigenvalue weighted by Crippen LogP contribution is -2.58. The average Bonchev–Trinajstić information content (AvgIpc) is 3.26. The van der Waals surface area contributed by atoms with Crippen LogP contribution in [-0.4, -0.2) is 55.0 Å². The SMILES string of the molecule is CC(=O)N1CCC(C(=O)NO)(S(=O)(=O)c2ccc(Oc3ccc4c(c3)OCO4)cc2)CC1. The van der Waals surface area contributed by atoms with Crippen molar-refractivity contribution in [1.82, 2.24) is 10.4 Å². The van der Waals surface area contributed by atoms with E-state index in [0.29, 0.717) is 23.0 Å². The first-order valence-corrected chi connectivity index (χ1v) is 11.4. The fraction of sp³-hybridized carbons (Fsp3) is 0.333.